The molecule has 90 valence electrons. The minimum Gasteiger partial charge on any atom is -0.456 e. The van der Waals surface area contributed by atoms with E-state index < -0.39 is 11.6 Å². The van der Waals surface area contributed by atoms with Crippen molar-refractivity contribution in [3.05, 3.63) is 58.1 Å². The molecule has 0 saturated heterocycles. The van der Waals surface area contributed by atoms with Gasteiger partial charge in [0.2, 0.25) is 0 Å². The van der Waals surface area contributed by atoms with Crippen LogP contribution < -0.4 is 4.74 Å². The van der Waals surface area contributed by atoms with Gasteiger partial charge in [-0.2, -0.15) is 5.26 Å². The molecular weight excluding hydrogens is 304 g/mol. The van der Waals surface area contributed by atoms with Crippen molar-refractivity contribution >= 4 is 15.9 Å². The molecule has 0 amide bonds. The number of benzene rings is 2. The quantitative estimate of drug-likeness (QED) is 0.824. The molecule has 2 nitrogen and oxygen atoms in total. The van der Waals surface area contributed by atoms with Gasteiger partial charge in [-0.15, -0.1) is 0 Å². The van der Waals surface area contributed by atoms with Crippen LogP contribution in [0, 0.1) is 23.0 Å². The standard InChI is InChI=1S/C13H6BrF2NO/c14-12-3-8(7-17)1-2-13(12)18-11-5-9(15)4-10(16)6-11/h1-6H. The third-order valence-electron chi connectivity index (χ3n) is 2.12. The van der Waals surface area contributed by atoms with Crippen LogP contribution in [0.2, 0.25) is 0 Å². The molecule has 2 aromatic rings. The molecule has 0 N–H and O–H groups in total. The molecule has 0 aliphatic heterocycles. The fraction of sp³-hybridized carbons (Fsp3) is 0. The van der Waals surface area contributed by atoms with Crippen molar-refractivity contribution in [2.24, 2.45) is 0 Å². The second-order valence-electron chi connectivity index (χ2n) is 3.46. The van der Waals surface area contributed by atoms with Crippen LogP contribution in [0.1, 0.15) is 5.56 Å². The summed E-state index contributed by atoms with van der Waals surface area (Å²) in [6, 6.07) is 9.55. The number of ether oxygens (including phenoxy) is 1. The monoisotopic (exact) mass is 309 g/mol. The second kappa shape index (κ2) is 5.15. The highest BCUT2D eigenvalue weighted by atomic mass is 79.9. The Kier molecular flexibility index (Phi) is 3.58. The lowest BCUT2D eigenvalue weighted by Crippen LogP contribution is -1.89. The van der Waals surface area contributed by atoms with Crippen molar-refractivity contribution in [2.75, 3.05) is 0 Å². The van der Waals surface area contributed by atoms with Gasteiger partial charge < -0.3 is 4.74 Å². The molecule has 0 atom stereocenters. The Morgan fingerprint density at radius 1 is 1.06 bits per heavy atom. The summed E-state index contributed by atoms with van der Waals surface area (Å²) < 4.78 is 31.8. The van der Waals surface area contributed by atoms with E-state index in [4.69, 9.17) is 10.00 Å². The summed E-state index contributed by atoms with van der Waals surface area (Å²) in [6.45, 7) is 0. The second-order valence-corrected chi connectivity index (χ2v) is 4.32. The van der Waals surface area contributed by atoms with Gasteiger partial charge in [0, 0.05) is 18.2 Å². The number of halogens is 3. The number of hydrogen-bond acceptors (Lipinski definition) is 2. The molecule has 0 fully saturated rings. The molecule has 0 aliphatic carbocycles. The molecule has 0 heterocycles. The van der Waals surface area contributed by atoms with Gasteiger partial charge >= 0.3 is 0 Å². The lowest BCUT2D eigenvalue weighted by molar-refractivity contribution is 0.465. The largest absolute Gasteiger partial charge is 0.456 e. The minimum atomic E-state index is -0.713. The summed E-state index contributed by atoms with van der Waals surface area (Å²) in [5.74, 6) is -0.999. The Bertz CT molecular complexity index is 617. The number of rotatable bonds is 2. The number of nitriles is 1. The summed E-state index contributed by atoms with van der Waals surface area (Å²) in [7, 11) is 0. The van der Waals surface area contributed by atoms with E-state index in [0.29, 0.717) is 15.8 Å². The van der Waals surface area contributed by atoms with Gasteiger partial charge in [0.15, 0.2) is 0 Å². The lowest BCUT2D eigenvalue weighted by atomic mass is 10.2. The zero-order valence-electron chi connectivity index (χ0n) is 8.95. The van der Waals surface area contributed by atoms with Crippen LogP contribution in [0.3, 0.4) is 0 Å². The molecule has 0 spiro atoms. The third-order valence-corrected chi connectivity index (χ3v) is 2.74. The Balaban J connectivity index is 2.31. The van der Waals surface area contributed by atoms with Crippen LogP contribution in [0.4, 0.5) is 8.78 Å². The molecule has 0 radical (unpaired) electrons. The fourth-order valence-electron chi connectivity index (χ4n) is 1.37. The zero-order valence-corrected chi connectivity index (χ0v) is 10.5. The Labute approximate surface area is 111 Å². The lowest BCUT2D eigenvalue weighted by Gasteiger charge is -2.08. The predicted molar refractivity (Wildman–Crippen MR) is 65.3 cm³/mol. The molecule has 0 aliphatic rings. The molecule has 0 aromatic heterocycles. The zero-order chi connectivity index (χ0) is 13.1. The molecule has 0 bridgehead atoms. The van der Waals surface area contributed by atoms with Crippen LogP contribution in [0.5, 0.6) is 11.5 Å². The van der Waals surface area contributed by atoms with Gasteiger partial charge in [-0.05, 0) is 34.1 Å². The number of nitrogens with zero attached hydrogens (tertiary/aromatic N) is 1. The SMILES string of the molecule is N#Cc1ccc(Oc2cc(F)cc(F)c2)c(Br)c1. The molecule has 0 unspecified atom stereocenters. The maximum Gasteiger partial charge on any atom is 0.141 e. The van der Waals surface area contributed by atoms with Gasteiger partial charge in [-0.25, -0.2) is 8.78 Å². The molecule has 2 rings (SSSR count). The first-order valence-corrected chi connectivity index (χ1v) is 5.71. The summed E-state index contributed by atoms with van der Waals surface area (Å²) >= 11 is 3.22. The minimum absolute atomic E-state index is 0.0536. The predicted octanol–water partition coefficient (Wildman–Crippen LogP) is 4.39. The van der Waals surface area contributed by atoms with Crippen LogP contribution in [0.25, 0.3) is 0 Å². The van der Waals surface area contributed by atoms with E-state index in [0.717, 1.165) is 18.2 Å². The van der Waals surface area contributed by atoms with Crippen LogP contribution >= 0.6 is 15.9 Å². The van der Waals surface area contributed by atoms with Gasteiger partial charge in [0.25, 0.3) is 0 Å². The Hall–Kier alpha value is -1.93. The average molecular weight is 310 g/mol. The van der Waals surface area contributed by atoms with E-state index in [1.54, 1.807) is 18.2 Å². The van der Waals surface area contributed by atoms with Crippen molar-refractivity contribution in [1.82, 2.24) is 0 Å². The van der Waals surface area contributed by atoms with E-state index in [2.05, 4.69) is 15.9 Å². The van der Waals surface area contributed by atoms with E-state index >= 15 is 0 Å². The van der Waals surface area contributed by atoms with E-state index in [-0.39, 0.29) is 5.75 Å². The highest BCUT2D eigenvalue weighted by Crippen LogP contribution is 2.31. The average Bonchev–Trinajstić information content (AvgIpc) is 2.30. The van der Waals surface area contributed by atoms with E-state index in [1.165, 1.54) is 0 Å². The first-order valence-electron chi connectivity index (χ1n) is 4.92. The third kappa shape index (κ3) is 2.84. The summed E-state index contributed by atoms with van der Waals surface area (Å²) in [5.41, 5.74) is 0.458. The van der Waals surface area contributed by atoms with Gasteiger partial charge in [0.1, 0.15) is 23.1 Å². The highest BCUT2D eigenvalue weighted by Gasteiger charge is 2.06. The van der Waals surface area contributed by atoms with Crippen LogP contribution in [-0.2, 0) is 0 Å². The topological polar surface area (TPSA) is 33.0 Å². The molecule has 0 saturated carbocycles. The van der Waals surface area contributed by atoms with Crippen molar-refractivity contribution in [1.29, 1.82) is 5.26 Å². The maximum absolute atomic E-state index is 13.0. The van der Waals surface area contributed by atoms with Crippen molar-refractivity contribution in [3.63, 3.8) is 0 Å². The molecular formula is C13H6BrF2NO. The van der Waals surface area contributed by atoms with Crippen LogP contribution in [-0.4, -0.2) is 0 Å². The van der Waals surface area contributed by atoms with Crippen molar-refractivity contribution < 1.29 is 13.5 Å². The molecule has 5 heteroatoms. The van der Waals surface area contributed by atoms with Crippen molar-refractivity contribution in [3.8, 4) is 17.6 Å². The first kappa shape index (κ1) is 12.5. The summed E-state index contributed by atoms with van der Waals surface area (Å²) in [6.07, 6.45) is 0. The summed E-state index contributed by atoms with van der Waals surface area (Å²) in [5, 5.41) is 8.70. The highest BCUT2D eigenvalue weighted by molar-refractivity contribution is 9.10. The van der Waals surface area contributed by atoms with E-state index in [1.807, 2.05) is 6.07 Å². The van der Waals surface area contributed by atoms with Gasteiger partial charge in [-0.1, -0.05) is 0 Å². The van der Waals surface area contributed by atoms with Crippen LogP contribution in [0.15, 0.2) is 40.9 Å². The smallest absolute Gasteiger partial charge is 0.141 e. The number of hydrogen-bond donors (Lipinski definition) is 0. The maximum atomic E-state index is 13.0. The summed E-state index contributed by atoms with van der Waals surface area (Å²) in [4.78, 5) is 0. The molecule has 18 heavy (non-hydrogen) atoms. The Morgan fingerprint density at radius 3 is 2.28 bits per heavy atom. The van der Waals surface area contributed by atoms with Crippen molar-refractivity contribution in [2.45, 2.75) is 0 Å². The Morgan fingerprint density at radius 2 is 1.72 bits per heavy atom. The molecule has 2 aromatic carbocycles. The van der Waals surface area contributed by atoms with Gasteiger partial charge in [-0.3, -0.25) is 0 Å². The normalized spacial score (nSPS) is 9.89. The van der Waals surface area contributed by atoms with Gasteiger partial charge in [0.05, 0.1) is 16.1 Å². The van der Waals surface area contributed by atoms with E-state index in [9.17, 15) is 8.78 Å². The fourth-order valence-corrected chi connectivity index (χ4v) is 1.83. The first-order chi connectivity index (χ1) is 8.58.